The molecule has 98 valence electrons. The number of carbonyl (C=O) groups excluding carboxylic acids is 1. The van der Waals surface area contributed by atoms with Crippen molar-refractivity contribution in [1.29, 1.82) is 0 Å². The molecule has 0 aliphatic heterocycles. The Morgan fingerprint density at radius 1 is 1.33 bits per heavy atom. The van der Waals surface area contributed by atoms with Gasteiger partial charge in [0.25, 0.3) is 0 Å². The fourth-order valence-corrected chi connectivity index (χ4v) is 1.75. The van der Waals surface area contributed by atoms with E-state index in [4.69, 9.17) is 10.8 Å². The van der Waals surface area contributed by atoms with Crippen LogP contribution in [0.25, 0.3) is 0 Å². The van der Waals surface area contributed by atoms with Gasteiger partial charge < -0.3 is 15.7 Å². The average molecular weight is 250 g/mol. The van der Waals surface area contributed by atoms with E-state index in [-0.39, 0.29) is 12.1 Å². The van der Waals surface area contributed by atoms with Crippen LogP contribution in [0, 0.1) is 0 Å². The van der Waals surface area contributed by atoms with E-state index in [2.05, 4.69) is 0 Å². The molecule has 0 spiro atoms. The number of para-hydroxylation sites is 1. The summed E-state index contributed by atoms with van der Waals surface area (Å²) in [6.07, 6.45) is 1.84. The van der Waals surface area contributed by atoms with Crippen LogP contribution < -0.4 is 10.6 Å². The molecule has 0 aliphatic rings. The molecule has 3 N–H and O–H groups in total. The van der Waals surface area contributed by atoms with Crippen molar-refractivity contribution in [1.82, 2.24) is 0 Å². The van der Waals surface area contributed by atoms with Crippen molar-refractivity contribution in [3.8, 4) is 0 Å². The minimum atomic E-state index is -1.00. The fraction of sp³-hybridized carbons (Fsp3) is 0.385. The second-order valence-electron chi connectivity index (χ2n) is 4.06. The number of anilines is 1. The summed E-state index contributed by atoms with van der Waals surface area (Å²) in [6.45, 7) is 2.68. The maximum absolute atomic E-state index is 11.1. The average Bonchev–Trinajstić information content (AvgIpc) is 2.34. The summed E-state index contributed by atoms with van der Waals surface area (Å²) < 4.78 is 0. The van der Waals surface area contributed by atoms with E-state index < -0.39 is 11.9 Å². The lowest BCUT2D eigenvalue weighted by Crippen LogP contribution is -2.35. The summed E-state index contributed by atoms with van der Waals surface area (Å²) in [5.41, 5.74) is 5.93. The second-order valence-corrected chi connectivity index (χ2v) is 4.06. The lowest BCUT2D eigenvalue weighted by molar-refractivity contribution is -0.116. The third kappa shape index (κ3) is 3.76. The van der Waals surface area contributed by atoms with Crippen molar-refractivity contribution in [2.75, 3.05) is 18.0 Å². The molecular weight excluding hydrogens is 232 g/mol. The first-order valence-electron chi connectivity index (χ1n) is 5.91. The van der Waals surface area contributed by atoms with Crippen LogP contribution in [0.3, 0.4) is 0 Å². The van der Waals surface area contributed by atoms with E-state index in [1.807, 2.05) is 6.92 Å². The predicted octanol–water partition coefficient (Wildman–Crippen LogP) is 1.48. The highest BCUT2D eigenvalue weighted by Gasteiger charge is 2.16. The van der Waals surface area contributed by atoms with Crippen LogP contribution in [0.5, 0.6) is 0 Å². The summed E-state index contributed by atoms with van der Waals surface area (Å²) in [5.74, 6) is -1.47. The molecule has 0 saturated heterocycles. The molecule has 1 rings (SSSR count). The Bertz CT molecular complexity index is 432. The molecular formula is C13H18N2O3. The number of unbranched alkanes of at least 4 members (excludes halogenated alkanes) is 1. The number of aromatic carboxylic acids is 1. The van der Waals surface area contributed by atoms with E-state index >= 15 is 0 Å². The van der Waals surface area contributed by atoms with Crippen molar-refractivity contribution >= 4 is 17.6 Å². The van der Waals surface area contributed by atoms with Crippen LogP contribution >= 0.6 is 0 Å². The molecule has 0 unspecified atom stereocenters. The Morgan fingerprint density at radius 2 is 2.00 bits per heavy atom. The molecule has 5 nitrogen and oxygen atoms in total. The number of primary amides is 1. The first-order valence-corrected chi connectivity index (χ1v) is 5.91. The van der Waals surface area contributed by atoms with Crippen molar-refractivity contribution < 1.29 is 14.7 Å². The first kappa shape index (κ1) is 14.0. The van der Waals surface area contributed by atoms with Gasteiger partial charge in [-0.1, -0.05) is 25.5 Å². The van der Waals surface area contributed by atoms with Gasteiger partial charge in [0.05, 0.1) is 17.8 Å². The number of hydrogen-bond acceptors (Lipinski definition) is 3. The summed E-state index contributed by atoms with van der Waals surface area (Å²) in [5, 5.41) is 9.13. The zero-order valence-electron chi connectivity index (χ0n) is 10.4. The van der Waals surface area contributed by atoms with Gasteiger partial charge in [0, 0.05) is 6.54 Å². The number of carbonyl (C=O) groups is 2. The van der Waals surface area contributed by atoms with Crippen LogP contribution in [-0.4, -0.2) is 30.1 Å². The summed E-state index contributed by atoms with van der Waals surface area (Å²) in [7, 11) is 0. The van der Waals surface area contributed by atoms with E-state index in [0.717, 1.165) is 12.8 Å². The second kappa shape index (κ2) is 6.64. The van der Waals surface area contributed by atoms with E-state index in [1.165, 1.54) is 6.07 Å². The zero-order valence-corrected chi connectivity index (χ0v) is 10.4. The van der Waals surface area contributed by atoms with Gasteiger partial charge in [-0.3, -0.25) is 4.79 Å². The number of nitrogens with two attached hydrogens (primary N) is 1. The van der Waals surface area contributed by atoms with Crippen molar-refractivity contribution in [3.63, 3.8) is 0 Å². The normalized spacial score (nSPS) is 10.1. The predicted molar refractivity (Wildman–Crippen MR) is 69.7 cm³/mol. The van der Waals surface area contributed by atoms with Gasteiger partial charge in [-0.05, 0) is 18.6 Å². The third-order valence-corrected chi connectivity index (χ3v) is 2.60. The van der Waals surface area contributed by atoms with Crippen LogP contribution in [0.2, 0.25) is 0 Å². The topological polar surface area (TPSA) is 83.6 Å². The Morgan fingerprint density at radius 3 is 2.56 bits per heavy atom. The highest BCUT2D eigenvalue weighted by atomic mass is 16.4. The van der Waals surface area contributed by atoms with Gasteiger partial charge in [-0.25, -0.2) is 4.79 Å². The van der Waals surface area contributed by atoms with Gasteiger partial charge in [-0.15, -0.1) is 0 Å². The highest BCUT2D eigenvalue weighted by Crippen LogP contribution is 2.20. The van der Waals surface area contributed by atoms with Gasteiger partial charge in [-0.2, -0.15) is 0 Å². The van der Waals surface area contributed by atoms with Gasteiger partial charge >= 0.3 is 5.97 Å². The molecule has 0 radical (unpaired) electrons. The van der Waals surface area contributed by atoms with E-state index in [9.17, 15) is 9.59 Å². The smallest absolute Gasteiger partial charge is 0.337 e. The Kier molecular flexibility index (Phi) is 5.17. The van der Waals surface area contributed by atoms with Gasteiger partial charge in [0.15, 0.2) is 0 Å². The van der Waals surface area contributed by atoms with Crippen molar-refractivity contribution in [3.05, 3.63) is 29.8 Å². The van der Waals surface area contributed by atoms with Crippen molar-refractivity contribution in [2.45, 2.75) is 19.8 Å². The van der Waals surface area contributed by atoms with Crippen LogP contribution in [0.1, 0.15) is 30.1 Å². The van der Waals surface area contributed by atoms with Gasteiger partial charge in [0.2, 0.25) is 5.91 Å². The number of carboxylic acid groups (broad SMARTS) is 1. The number of rotatable bonds is 7. The molecule has 0 aliphatic carbocycles. The standard InChI is InChI=1S/C13H18N2O3/c1-2-3-8-15(9-12(14)16)11-7-5-4-6-10(11)13(17)18/h4-7H,2-3,8-9H2,1H3,(H2,14,16)(H,17,18). The number of amides is 1. The van der Waals surface area contributed by atoms with E-state index in [0.29, 0.717) is 12.2 Å². The van der Waals surface area contributed by atoms with Gasteiger partial charge in [0.1, 0.15) is 0 Å². The first-order chi connectivity index (χ1) is 8.56. The zero-order chi connectivity index (χ0) is 13.5. The molecule has 18 heavy (non-hydrogen) atoms. The molecule has 1 aromatic rings. The molecule has 0 bridgehead atoms. The lowest BCUT2D eigenvalue weighted by atomic mass is 10.1. The number of hydrogen-bond donors (Lipinski definition) is 2. The monoisotopic (exact) mass is 250 g/mol. The van der Waals surface area contributed by atoms with Crippen LogP contribution in [0.15, 0.2) is 24.3 Å². The summed E-state index contributed by atoms with van der Waals surface area (Å²) in [6, 6.07) is 6.64. The number of carboxylic acids is 1. The molecule has 0 saturated carbocycles. The van der Waals surface area contributed by atoms with E-state index in [1.54, 1.807) is 23.1 Å². The molecule has 0 fully saturated rings. The fourth-order valence-electron chi connectivity index (χ4n) is 1.75. The molecule has 0 heterocycles. The van der Waals surface area contributed by atoms with Crippen LogP contribution in [-0.2, 0) is 4.79 Å². The minimum Gasteiger partial charge on any atom is -0.478 e. The summed E-state index contributed by atoms with van der Waals surface area (Å²) in [4.78, 5) is 23.9. The number of nitrogens with zero attached hydrogens (tertiary/aromatic N) is 1. The Hall–Kier alpha value is -2.04. The molecule has 1 aromatic carbocycles. The third-order valence-electron chi connectivity index (χ3n) is 2.60. The quantitative estimate of drug-likeness (QED) is 0.767. The maximum Gasteiger partial charge on any atom is 0.337 e. The molecule has 0 atom stereocenters. The highest BCUT2D eigenvalue weighted by molar-refractivity contribution is 5.95. The Balaban J connectivity index is 3.03. The number of benzene rings is 1. The summed E-state index contributed by atoms with van der Waals surface area (Å²) >= 11 is 0. The van der Waals surface area contributed by atoms with Crippen LogP contribution in [0.4, 0.5) is 5.69 Å². The molecule has 1 amide bonds. The SMILES string of the molecule is CCCCN(CC(N)=O)c1ccccc1C(=O)O. The lowest BCUT2D eigenvalue weighted by Gasteiger charge is -2.24. The Labute approximate surface area is 106 Å². The largest absolute Gasteiger partial charge is 0.478 e. The molecule has 5 heteroatoms. The molecule has 0 aromatic heterocycles. The minimum absolute atomic E-state index is 0.0320. The van der Waals surface area contributed by atoms with Crippen molar-refractivity contribution in [2.24, 2.45) is 5.73 Å². The maximum atomic E-state index is 11.1.